The van der Waals surface area contributed by atoms with Crippen LogP contribution in [0.15, 0.2) is 42.6 Å². The van der Waals surface area contributed by atoms with Gasteiger partial charge in [0.1, 0.15) is 6.23 Å². The van der Waals surface area contributed by atoms with Crippen molar-refractivity contribution in [3.05, 3.63) is 48.2 Å². The molecule has 0 aliphatic heterocycles. The Bertz CT molecular complexity index is 588. The van der Waals surface area contributed by atoms with Crippen molar-refractivity contribution in [2.45, 2.75) is 39.1 Å². The van der Waals surface area contributed by atoms with Gasteiger partial charge in [-0.15, -0.1) is 0 Å². The molecule has 0 aliphatic rings. The van der Waals surface area contributed by atoms with E-state index >= 15 is 0 Å². The average molecular weight is 397 g/mol. The number of carbonyl (C=O) groups excluding carboxylic acids is 2. The SMILES string of the molecule is CCC(COP(O)NCc1ccccc1)OC(C)N(C)/C=C\C(=O)NC=O. The number of nitrogens with zero attached hydrogens (tertiary/aromatic N) is 1. The summed E-state index contributed by atoms with van der Waals surface area (Å²) in [7, 11) is 0.00725. The monoisotopic (exact) mass is 397 g/mol. The van der Waals surface area contributed by atoms with Crippen LogP contribution in [0.1, 0.15) is 25.8 Å². The Morgan fingerprint density at radius 2 is 2.07 bits per heavy atom. The fourth-order valence-corrected chi connectivity index (χ4v) is 2.71. The number of nitrogens with one attached hydrogen (secondary N) is 2. The molecule has 0 saturated carbocycles. The van der Waals surface area contributed by atoms with Crippen LogP contribution in [0, 0.1) is 0 Å². The summed E-state index contributed by atoms with van der Waals surface area (Å²) in [6.45, 7) is 4.56. The molecule has 0 aliphatic carbocycles. The van der Waals surface area contributed by atoms with Gasteiger partial charge in [0, 0.05) is 25.9 Å². The number of benzene rings is 1. The van der Waals surface area contributed by atoms with Gasteiger partial charge in [0.25, 0.3) is 14.4 Å². The van der Waals surface area contributed by atoms with E-state index < -0.39 is 14.4 Å². The van der Waals surface area contributed by atoms with Gasteiger partial charge in [-0.05, 0) is 18.9 Å². The molecule has 8 nitrogen and oxygen atoms in total. The standard InChI is InChI=1S/C18H28N3O5P/c1-4-17(26-15(2)21(3)11-10-18(23)19-14-22)13-25-27(24)20-12-16-8-6-5-7-9-16/h5-11,14-15,17,20,24H,4,12-13H2,1-3H3,(H,19,22,23)/b11-10-. The third-order valence-electron chi connectivity index (χ3n) is 3.72. The summed E-state index contributed by atoms with van der Waals surface area (Å²) in [6, 6.07) is 9.75. The molecule has 3 atom stereocenters. The molecule has 1 aromatic carbocycles. The largest absolute Gasteiger partial charge is 0.356 e. The molecular weight excluding hydrogens is 369 g/mol. The molecule has 1 aromatic rings. The molecule has 1 rings (SSSR count). The van der Waals surface area contributed by atoms with E-state index in [-0.39, 0.29) is 18.9 Å². The smallest absolute Gasteiger partial charge is 0.253 e. The quantitative estimate of drug-likeness (QED) is 0.202. The van der Waals surface area contributed by atoms with Crippen LogP contribution in [-0.4, -0.2) is 48.1 Å². The first-order valence-electron chi connectivity index (χ1n) is 8.65. The zero-order valence-corrected chi connectivity index (χ0v) is 16.8. The van der Waals surface area contributed by atoms with Gasteiger partial charge >= 0.3 is 0 Å². The van der Waals surface area contributed by atoms with Crippen molar-refractivity contribution in [1.82, 2.24) is 15.3 Å². The summed E-state index contributed by atoms with van der Waals surface area (Å²) in [5, 5.41) is 4.97. The molecule has 0 spiro atoms. The summed E-state index contributed by atoms with van der Waals surface area (Å²) in [5.74, 6) is -0.505. The van der Waals surface area contributed by atoms with Crippen LogP contribution in [0.4, 0.5) is 0 Å². The van der Waals surface area contributed by atoms with Gasteiger partial charge < -0.3 is 19.1 Å². The summed E-state index contributed by atoms with van der Waals surface area (Å²) in [5.41, 5.74) is 1.06. The zero-order valence-electron chi connectivity index (χ0n) is 15.9. The summed E-state index contributed by atoms with van der Waals surface area (Å²) in [6.07, 6.45) is 3.27. The lowest BCUT2D eigenvalue weighted by Crippen LogP contribution is -2.33. The average Bonchev–Trinajstić information content (AvgIpc) is 2.68. The van der Waals surface area contributed by atoms with Crippen LogP contribution in [0.2, 0.25) is 0 Å². The number of rotatable bonds is 13. The van der Waals surface area contributed by atoms with E-state index in [0.717, 1.165) is 5.56 Å². The van der Waals surface area contributed by atoms with Gasteiger partial charge in [0.15, 0.2) is 0 Å². The van der Waals surface area contributed by atoms with Crippen LogP contribution < -0.4 is 10.4 Å². The minimum atomic E-state index is -1.75. The molecule has 0 aromatic heterocycles. The Balaban J connectivity index is 2.35. The van der Waals surface area contributed by atoms with E-state index in [2.05, 4.69) is 5.09 Å². The second-order valence-electron chi connectivity index (χ2n) is 5.76. The van der Waals surface area contributed by atoms with Crippen LogP contribution in [0.25, 0.3) is 0 Å². The second-order valence-corrected chi connectivity index (χ2v) is 6.88. The Kier molecular flexibility index (Phi) is 11.5. The van der Waals surface area contributed by atoms with E-state index in [1.807, 2.05) is 49.5 Å². The Hall–Kier alpha value is -1.83. The minimum Gasteiger partial charge on any atom is -0.356 e. The molecule has 3 N–H and O–H groups in total. The molecule has 0 saturated heterocycles. The van der Waals surface area contributed by atoms with Gasteiger partial charge in [-0.25, -0.2) is 5.09 Å². The molecule has 27 heavy (non-hydrogen) atoms. The minimum absolute atomic E-state index is 0.213. The van der Waals surface area contributed by atoms with Gasteiger partial charge in [-0.1, -0.05) is 37.3 Å². The number of hydrogen-bond donors (Lipinski definition) is 3. The molecular formula is C18H28N3O5P. The number of imide groups is 1. The van der Waals surface area contributed by atoms with Gasteiger partial charge in [-0.3, -0.25) is 14.9 Å². The van der Waals surface area contributed by atoms with E-state index in [4.69, 9.17) is 9.26 Å². The van der Waals surface area contributed by atoms with Crippen molar-refractivity contribution in [2.24, 2.45) is 0 Å². The zero-order chi connectivity index (χ0) is 20.1. The number of hydrogen-bond acceptors (Lipinski definition) is 7. The van der Waals surface area contributed by atoms with Crippen LogP contribution in [-0.2, 0) is 25.4 Å². The maximum Gasteiger partial charge on any atom is 0.253 e. The highest BCUT2D eigenvalue weighted by molar-refractivity contribution is 7.43. The van der Waals surface area contributed by atoms with Crippen LogP contribution in [0.5, 0.6) is 0 Å². The maximum absolute atomic E-state index is 11.2. The number of ether oxygens (including phenoxy) is 1. The lowest BCUT2D eigenvalue weighted by Gasteiger charge is -2.28. The topological polar surface area (TPSA) is 100 Å². The predicted molar refractivity (Wildman–Crippen MR) is 104 cm³/mol. The van der Waals surface area contributed by atoms with E-state index in [1.165, 1.54) is 12.3 Å². The van der Waals surface area contributed by atoms with Crippen molar-refractivity contribution in [2.75, 3.05) is 13.7 Å². The highest BCUT2D eigenvalue weighted by Crippen LogP contribution is 2.27. The molecule has 0 heterocycles. The van der Waals surface area contributed by atoms with Crippen LogP contribution >= 0.6 is 8.53 Å². The highest BCUT2D eigenvalue weighted by Gasteiger charge is 2.16. The van der Waals surface area contributed by atoms with Gasteiger partial charge in [0.2, 0.25) is 6.41 Å². The highest BCUT2D eigenvalue weighted by atomic mass is 31.2. The fourth-order valence-electron chi connectivity index (χ4n) is 1.99. The van der Waals surface area contributed by atoms with Crippen molar-refractivity contribution in [3.63, 3.8) is 0 Å². The van der Waals surface area contributed by atoms with Crippen molar-refractivity contribution >= 4 is 20.8 Å². The summed E-state index contributed by atoms with van der Waals surface area (Å²) >= 11 is 0. The van der Waals surface area contributed by atoms with Crippen molar-refractivity contribution in [1.29, 1.82) is 0 Å². The first-order valence-corrected chi connectivity index (χ1v) is 9.86. The second kappa shape index (κ2) is 13.4. The molecule has 0 fully saturated rings. The molecule has 2 amide bonds. The molecule has 150 valence electrons. The lowest BCUT2D eigenvalue weighted by molar-refractivity contribution is -0.121. The van der Waals surface area contributed by atoms with Gasteiger partial charge in [0.05, 0.1) is 12.7 Å². The van der Waals surface area contributed by atoms with Crippen LogP contribution in [0.3, 0.4) is 0 Å². The van der Waals surface area contributed by atoms with E-state index in [9.17, 15) is 14.5 Å². The third-order valence-corrected chi connectivity index (χ3v) is 4.55. The van der Waals surface area contributed by atoms with E-state index in [1.54, 1.807) is 11.9 Å². The fraction of sp³-hybridized carbons (Fsp3) is 0.444. The third kappa shape index (κ3) is 10.2. The van der Waals surface area contributed by atoms with Crippen molar-refractivity contribution < 1.29 is 23.7 Å². The Morgan fingerprint density at radius 3 is 2.70 bits per heavy atom. The Labute approximate surface area is 161 Å². The molecule has 0 bridgehead atoms. The van der Waals surface area contributed by atoms with E-state index in [0.29, 0.717) is 19.4 Å². The maximum atomic E-state index is 11.2. The predicted octanol–water partition coefficient (Wildman–Crippen LogP) is 1.87. The molecule has 3 unspecified atom stereocenters. The normalized spacial score (nSPS) is 14.5. The van der Waals surface area contributed by atoms with Gasteiger partial charge in [-0.2, -0.15) is 0 Å². The number of carbonyl (C=O) groups is 2. The first-order chi connectivity index (χ1) is 13.0. The Morgan fingerprint density at radius 1 is 1.37 bits per heavy atom. The summed E-state index contributed by atoms with van der Waals surface area (Å²) < 4.78 is 11.4. The summed E-state index contributed by atoms with van der Waals surface area (Å²) in [4.78, 5) is 33.1. The molecule has 9 heteroatoms. The first kappa shape index (κ1) is 23.2. The number of amides is 2. The van der Waals surface area contributed by atoms with Crippen molar-refractivity contribution in [3.8, 4) is 0 Å². The molecule has 0 radical (unpaired) electrons. The lowest BCUT2D eigenvalue weighted by atomic mass is 10.2.